The summed E-state index contributed by atoms with van der Waals surface area (Å²) >= 11 is 14.3. The van der Waals surface area contributed by atoms with Crippen molar-refractivity contribution in [3.63, 3.8) is 0 Å². The van der Waals surface area contributed by atoms with Crippen LogP contribution in [0.4, 0.5) is 44.7 Å². The van der Waals surface area contributed by atoms with E-state index in [1.165, 1.54) is 31.4 Å². The number of hydrogen-bond donors (Lipinski definition) is 2. The van der Waals surface area contributed by atoms with Crippen LogP contribution in [0.2, 0.25) is 0 Å². The van der Waals surface area contributed by atoms with Crippen LogP contribution in [-0.2, 0) is 19.2 Å². The van der Waals surface area contributed by atoms with E-state index in [1.54, 1.807) is 24.3 Å². The van der Waals surface area contributed by atoms with E-state index in [9.17, 15) is 37.5 Å². The first-order valence-corrected chi connectivity index (χ1v) is 17.6. The van der Waals surface area contributed by atoms with Crippen LogP contribution in [0.15, 0.2) is 84.4 Å². The maximum atomic E-state index is 15.3. The molecule has 8 rings (SSSR count). The molecule has 16 heteroatoms. The van der Waals surface area contributed by atoms with Gasteiger partial charge in [-0.05, 0) is 73.4 Å². The van der Waals surface area contributed by atoms with Gasteiger partial charge < -0.3 is 15.2 Å². The first-order chi connectivity index (χ1) is 26.1. The molecule has 9 nitrogen and oxygen atoms in total. The van der Waals surface area contributed by atoms with E-state index in [0.29, 0.717) is 5.69 Å². The van der Waals surface area contributed by atoms with Crippen LogP contribution in [0, 0.1) is 46.8 Å². The third-order valence-electron chi connectivity index (χ3n) is 11.0. The molecule has 2 N–H and O–H groups in total. The summed E-state index contributed by atoms with van der Waals surface area (Å²) < 4.78 is 79.0. The number of para-hydroxylation sites is 1. The molecule has 4 aromatic rings. The summed E-state index contributed by atoms with van der Waals surface area (Å²) in [5.41, 5.74) is -0.182. The molecule has 1 saturated carbocycles. The fraction of sp³-hybridized carbons (Fsp3) is 0.231. The van der Waals surface area contributed by atoms with Gasteiger partial charge in [0.2, 0.25) is 17.6 Å². The van der Waals surface area contributed by atoms with Gasteiger partial charge in [0.05, 0.1) is 24.6 Å². The number of amides is 4. The highest BCUT2D eigenvalue weighted by Gasteiger charge is 2.77. The van der Waals surface area contributed by atoms with Crippen molar-refractivity contribution in [2.45, 2.75) is 28.5 Å². The van der Waals surface area contributed by atoms with E-state index in [1.807, 2.05) is 30.3 Å². The van der Waals surface area contributed by atoms with E-state index in [4.69, 9.17) is 27.9 Å². The van der Waals surface area contributed by atoms with Crippen molar-refractivity contribution < 1.29 is 51.0 Å². The first kappa shape index (κ1) is 36.5. The number of methoxy groups -OCH3 is 1. The fourth-order valence-corrected chi connectivity index (χ4v) is 9.37. The Bertz CT molecular complexity index is 2350. The molecule has 0 aromatic heterocycles. The summed E-state index contributed by atoms with van der Waals surface area (Å²) in [6.07, 6.45) is 0.782. The number of phenols is 1. The molecule has 4 aromatic carbocycles. The second-order valence-corrected chi connectivity index (χ2v) is 14.9. The van der Waals surface area contributed by atoms with Gasteiger partial charge in [0.15, 0.2) is 33.0 Å². The summed E-state index contributed by atoms with van der Waals surface area (Å²) in [5.74, 6) is -22.3. The van der Waals surface area contributed by atoms with Crippen LogP contribution in [-0.4, -0.2) is 45.6 Å². The number of aromatic hydroxyl groups is 1. The minimum Gasteiger partial charge on any atom is -0.508 e. The second kappa shape index (κ2) is 12.8. The number of nitrogens with one attached hydrogen (secondary N) is 1. The van der Waals surface area contributed by atoms with E-state index >= 15 is 8.78 Å². The zero-order valence-electron chi connectivity index (χ0n) is 28.3. The lowest BCUT2D eigenvalue weighted by molar-refractivity contribution is -0.125. The lowest BCUT2D eigenvalue weighted by Crippen LogP contribution is -2.60. The van der Waals surface area contributed by atoms with Crippen molar-refractivity contribution in [1.29, 1.82) is 0 Å². The van der Waals surface area contributed by atoms with Crippen molar-refractivity contribution >= 4 is 69.6 Å². The van der Waals surface area contributed by atoms with Crippen LogP contribution in [0.3, 0.4) is 0 Å². The number of anilines is 4. The SMILES string of the molecule is COc1ccc(O)c([C@H]2C3=CC[C@@H]4C(=O)N(c5ccc(Nc6ccccc6)cc5)C(=O)[C@@H]4[C@@H]3C[C@@]3(Cl)C(=O)N(c4c(F)c(F)c(F)c(F)c4F)C(=O)[C@@]23Cl)c1. The number of nitrogens with zero attached hydrogens (tertiary/aromatic N) is 2. The van der Waals surface area contributed by atoms with Crippen molar-refractivity contribution in [3.05, 3.63) is 119 Å². The Hall–Kier alpha value is -5.47. The van der Waals surface area contributed by atoms with Gasteiger partial charge in [0, 0.05) is 22.9 Å². The van der Waals surface area contributed by atoms with Crippen LogP contribution < -0.4 is 19.9 Å². The molecule has 4 aliphatic rings. The number of fused-ring (bicyclic) bond motifs is 4. The quantitative estimate of drug-likeness (QED) is 0.0516. The normalized spacial score (nSPS) is 27.2. The fourth-order valence-electron chi connectivity index (χ4n) is 8.44. The van der Waals surface area contributed by atoms with Gasteiger partial charge >= 0.3 is 0 Å². The Kier molecular flexibility index (Phi) is 8.50. The number of halogens is 7. The molecule has 0 bridgehead atoms. The zero-order chi connectivity index (χ0) is 39.3. The molecular formula is C39H26Cl2F5N3O6. The predicted molar refractivity (Wildman–Crippen MR) is 190 cm³/mol. The highest BCUT2D eigenvalue weighted by atomic mass is 35.5. The minimum atomic E-state index is -2.79. The van der Waals surface area contributed by atoms with Crippen molar-refractivity contribution in [2.24, 2.45) is 17.8 Å². The zero-order valence-corrected chi connectivity index (χ0v) is 29.8. The molecule has 282 valence electrons. The van der Waals surface area contributed by atoms with Gasteiger partial charge in [-0.15, -0.1) is 23.2 Å². The van der Waals surface area contributed by atoms with E-state index in [-0.39, 0.29) is 33.9 Å². The topological polar surface area (TPSA) is 116 Å². The number of phenolic OH excluding ortho intramolecular Hbond substituents is 1. The summed E-state index contributed by atoms with van der Waals surface area (Å²) in [5, 5.41) is 14.4. The number of hydrogen-bond acceptors (Lipinski definition) is 7. The highest BCUT2D eigenvalue weighted by molar-refractivity contribution is 6.58. The number of rotatable bonds is 6. The summed E-state index contributed by atoms with van der Waals surface area (Å²) in [4.78, 5) is 52.5. The van der Waals surface area contributed by atoms with Gasteiger partial charge in [-0.1, -0.05) is 29.8 Å². The maximum Gasteiger partial charge on any atom is 0.258 e. The monoisotopic (exact) mass is 797 g/mol. The second-order valence-electron chi connectivity index (χ2n) is 13.7. The molecule has 4 amide bonds. The van der Waals surface area contributed by atoms with Crippen molar-refractivity contribution in [3.8, 4) is 11.5 Å². The smallest absolute Gasteiger partial charge is 0.258 e. The number of imide groups is 2. The molecule has 6 atom stereocenters. The van der Waals surface area contributed by atoms with Gasteiger partial charge in [-0.25, -0.2) is 26.9 Å². The van der Waals surface area contributed by atoms with Crippen molar-refractivity contribution in [2.75, 3.05) is 22.2 Å². The lowest BCUT2D eigenvalue weighted by atomic mass is 9.56. The molecule has 0 radical (unpaired) electrons. The van der Waals surface area contributed by atoms with Gasteiger partial charge in [-0.3, -0.25) is 24.1 Å². The van der Waals surface area contributed by atoms with Crippen LogP contribution >= 0.6 is 23.2 Å². The standard InChI is InChI=1S/C39H26Cl2F5N3O6/c1-55-20-11-14-25(50)23(15-20)27-21-12-13-22-26(35(52)48(34(22)51)19-9-7-18(8-10-19)47-17-5-3-2-4-6-17)24(21)16-38(40)36(53)49(37(54)39(27,38)41)33-31(45)29(43)28(42)30(44)32(33)46/h2-12,14-15,22,24,26-27,47,50H,13,16H2,1H3/t22-,24+,26-,27+,38+,39-/m0/s1. The molecule has 0 spiro atoms. The largest absolute Gasteiger partial charge is 0.508 e. The Morgan fingerprint density at radius 1 is 0.764 bits per heavy atom. The first-order valence-electron chi connectivity index (χ1n) is 16.8. The summed E-state index contributed by atoms with van der Waals surface area (Å²) in [7, 11) is 1.30. The van der Waals surface area contributed by atoms with Crippen LogP contribution in [0.5, 0.6) is 11.5 Å². The number of alkyl halides is 2. The minimum absolute atomic E-state index is 0.0712. The number of allylic oxidation sites excluding steroid dienone is 2. The maximum absolute atomic E-state index is 15.3. The molecule has 0 unspecified atom stereocenters. The molecule has 2 heterocycles. The molecule has 2 saturated heterocycles. The summed E-state index contributed by atoms with van der Waals surface area (Å²) in [6, 6.07) is 19.5. The number of benzene rings is 4. The predicted octanol–water partition coefficient (Wildman–Crippen LogP) is 7.61. The van der Waals surface area contributed by atoms with Crippen LogP contribution in [0.1, 0.15) is 24.3 Å². The van der Waals surface area contributed by atoms with Crippen molar-refractivity contribution in [1.82, 2.24) is 0 Å². The lowest BCUT2D eigenvalue weighted by Gasteiger charge is -2.50. The average Bonchev–Trinajstić information content (AvgIpc) is 3.52. The number of carbonyl (C=O) groups excluding carboxylic acids is 4. The van der Waals surface area contributed by atoms with Gasteiger partial charge in [-0.2, -0.15) is 0 Å². The molecule has 3 fully saturated rings. The molecule has 2 aliphatic carbocycles. The van der Waals surface area contributed by atoms with Gasteiger partial charge in [0.25, 0.3) is 11.8 Å². The van der Waals surface area contributed by atoms with E-state index in [2.05, 4.69) is 5.32 Å². The van der Waals surface area contributed by atoms with Gasteiger partial charge in [0.1, 0.15) is 17.2 Å². The third kappa shape index (κ3) is 5.03. The van der Waals surface area contributed by atoms with Crippen LogP contribution in [0.25, 0.3) is 0 Å². The molecule has 2 aliphatic heterocycles. The highest BCUT2D eigenvalue weighted by Crippen LogP contribution is 2.67. The Morgan fingerprint density at radius 3 is 2.02 bits per heavy atom. The molecule has 55 heavy (non-hydrogen) atoms. The average molecular weight is 799 g/mol. The Morgan fingerprint density at radius 2 is 1.38 bits per heavy atom. The number of carbonyl (C=O) groups is 4. The Balaban J connectivity index is 1.25. The Labute approximate surface area is 318 Å². The van der Waals surface area contributed by atoms with E-state index in [0.717, 1.165) is 10.6 Å². The summed E-state index contributed by atoms with van der Waals surface area (Å²) in [6.45, 7) is 0. The third-order valence-corrected chi connectivity index (χ3v) is 12.4. The van der Waals surface area contributed by atoms with E-state index < -0.39 is 104 Å². The molecular weight excluding hydrogens is 772 g/mol. The number of ether oxygens (including phenoxy) is 1.